The van der Waals surface area contributed by atoms with Crippen molar-refractivity contribution in [1.29, 1.82) is 0 Å². The van der Waals surface area contributed by atoms with Crippen LogP contribution in [-0.4, -0.2) is 22.4 Å². The highest BCUT2D eigenvalue weighted by atomic mass is 79.9. The molecule has 0 saturated carbocycles. The largest absolute Gasteiger partial charge is 0.328 e. The number of nitrogens with one attached hydrogen (secondary N) is 3. The molecule has 10 heteroatoms. The van der Waals surface area contributed by atoms with E-state index in [1.807, 2.05) is 26.0 Å². The number of amides is 3. The van der Waals surface area contributed by atoms with Crippen molar-refractivity contribution in [2.75, 3.05) is 16.1 Å². The van der Waals surface area contributed by atoms with E-state index >= 15 is 0 Å². The summed E-state index contributed by atoms with van der Waals surface area (Å²) in [5, 5.41) is 6.85. The molecule has 178 valence electrons. The number of hydrogen-bond donors (Lipinski definition) is 3. The number of aromatic nitrogens is 1. The zero-order valence-electron chi connectivity index (χ0n) is 18.6. The molecule has 0 saturated heterocycles. The number of carbonyl (C=O) groups excluding carboxylic acids is 3. The van der Waals surface area contributed by atoms with Crippen LogP contribution in [0.5, 0.6) is 0 Å². The Morgan fingerprint density at radius 1 is 0.800 bits per heavy atom. The van der Waals surface area contributed by atoms with E-state index in [2.05, 4.69) is 32.0 Å². The maximum atomic E-state index is 13.2. The molecule has 0 bridgehead atoms. The molecule has 1 heterocycles. The van der Waals surface area contributed by atoms with E-state index in [-0.39, 0.29) is 5.69 Å². The first-order chi connectivity index (χ1) is 16.6. The highest BCUT2D eigenvalue weighted by Crippen LogP contribution is 2.25. The molecule has 0 fully saturated rings. The smallest absolute Gasteiger partial charge is 0.321 e. The van der Waals surface area contributed by atoms with Gasteiger partial charge in [-0.05, 0) is 79.6 Å². The maximum Gasteiger partial charge on any atom is 0.328 e. The molecule has 3 aromatic carbocycles. The second kappa shape index (κ2) is 10.1. The molecule has 0 radical (unpaired) electrons. The van der Waals surface area contributed by atoms with Gasteiger partial charge in [-0.3, -0.25) is 19.8 Å². The van der Waals surface area contributed by atoms with E-state index in [1.165, 1.54) is 4.68 Å². The molecule has 0 atom stereocenters. The highest BCUT2D eigenvalue weighted by Gasteiger charge is 2.21. The Morgan fingerprint density at radius 2 is 1.51 bits per heavy atom. The number of hydrogen-bond acceptors (Lipinski definition) is 3. The van der Waals surface area contributed by atoms with Crippen molar-refractivity contribution in [3.63, 3.8) is 0 Å². The molecule has 0 unspecified atom stereocenters. The highest BCUT2D eigenvalue weighted by molar-refractivity contribution is 9.10. The van der Waals surface area contributed by atoms with Gasteiger partial charge in [0.15, 0.2) is 0 Å². The minimum atomic E-state index is -0.970. The predicted molar refractivity (Wildman–Crippen MR) is 143 cm³/mol. The monoisotopic (exact) mass is 572 g/mol. The van der Waals surface area contributed by atoms with Crippen LogP contribution in [-0.2, 0) is 9.59 Å². The quantitative estimate of drug-likeness (QED) is 0.251. The van der Waals surface area contributed by atoms with Gasteiger partial charge in [0.1, 0.15) is 5.69 Å². The summed E-state index contributed by atoms with van der Waals surface area (Å²) < 4.78 is 2.17. The number of carbonyl (C=O) groups is 3. The second-order valence-corrected chi connectivity index (χ2v) is 9.54. The number of halogens is 3. The molecular weight excluding hydrogens is 555 g/mol. The Labute approximate surface area is 219 Å². The lowest BCUT2D eigenvalue weighted by molar-refractivity contribution is -0.133. The molecule has 0 spiro atoms. The van der Waals surface area contributed by atoms with E-state index in [0.29, 0.717) is 32.3 Å². The lowest BCUT2D eigenvalue weighted by Gasteiger charge is -2.13. The first-order valence-electron chi connectivity index (χ1n) is 10.4. The van der Waals surface area contributed by atoms with Crippen molar-refractivity contribution < 1.29 is 14.4 Å². The summed E-state index contributed by atoms with van der Waals surface area (Å²) in [6.45, 7) is 3.73. The molecule has 4 rings (SSSR count). The third-order valence-electron chi connectivity index (χ3n) is 5.26. The minimum absolute atomic E-state index is 0.113. The van der Waals surface area contributed by atoms with Gasteiger partial charge in [-0.1, -0.05) is 45.2 Å². The SMILES string of the molecule is Cc1ccc(NC(=O)C(=O)Nn2c(C(=O)Nc3ccc(Br)c(C)c3)cc3cc(Cl)ccc32)cc1Cl. The number of benzene rings is 3. The fourth-order valence-corrected chi connectivity index (χ4v) is 4.01. The average molecular weight is 574 g/mol. The van der Waals surface area contributed by atoms with Crippen LogP contribution in [0.1, 0.15) is 21.6 Å². The lowest BCUT2D eigenvalue weighted by atomic mass is 10.2. The van der Waals surface area contributed by atoms with Crippen LogP contribution < -0.4 is 16.1 Å². The number of aryl methyl sites for hydroxylation is 2. The second-order valence-electron chi connectivity index (χ2n) is 7.85. The summed E-state index contributed by atoms with van der Waals surface area (Å²) >= 11 is 15.6. The molecule has 0 aliphatic rings. The number of nitrogens with zero attached hydrogens (tertiary/aromatic N) is 1. The molecule has 3 N–H and O–H groups in total. The molecule has 3 amide bonds. The van der Waals surface area contributed by atoms with Crippen LogP contribution in [0.25, 0.3) is 10.9 Å². The zero-order chi connectivity index (χ0) is 25.3. The molecule has 0 aliphatic heterocycles. The van der Waals surface area contributed by atoms with Crippen LogP contribution in [0.2, 0.25) is 10.0 Å². The van der Waals surface area contributed by atoms with E-state index in [0.717, 1.165) is 15.6 Å². The molecule has 4 aromatic rings. The van der Waals surface area contributed by atoms with Gasteiger partial charge in [-0.15, -0.1) is 0 Å². The molecule has 7 nitrogen and oxygen atoms in total. The van der Waals surface area contributed by atoms with Crippen molar-refractivity contribution >= 4 is 79.1 Å². The van der Waals surface area contributed by atoms with Gasteiger partial charge in [0.05, 0.1) is 5.52 Å². The van der Waals surface area contributed by atoms with E-state index in [1.54, 1.807) is 48.5 Å². The third-order valence-corrected chi connectivity index (χ3v) is 6.79. The summed E-state index contributed by atoms with van der Waals surface area (Å²) in [5.41, 5.74) is 5.83. The fourth-order valence-electron chi connectivity index (χ4n) is 3.40. The van der Waals surface area contributed by atoms with E-state index in [4.69, 9.17) is 23.2 Å². The van der Waals surface area contributed by atoms with E-state index in [9.17, 15) is 14.4 Å². The van der Waals surface area contributed by atoms with Gasteiger partial charge in [-0.2, -0.15) is 0 Å². The number of fused-ring (bicyclic) bond motifs is 1. The Morgan fingerprint density at radius 3 is 2.23 bits per heavy atom. The summed E-state index contributed by atoms with van der Waals surface area (Å²) in [6.07, 6.45) is 0. The Hall–Kier alpha value is -3.33. The molecule has 35 heavy (non-hydrogen) atoms. The van der Waals surface area contributed by atoms with Crippen molar-refractivity contribution in [2.24, 2.45) is 0 Å². The maximum absolute atomic E-state index is 13.2. The van der Waals surface area contributed by atoms with Gasteiger partial charge >= 0.3 is 11.8 Å². The summed E-state index contributed by atoms with van der Waals surface area (Å²) in [4.78, 5) is 38.5. The van der Waals surface area contributed by atoms with Gasteiger partial charge in [0, 0.05) is 31.3 Å². The van der Waals surface area contributed by atoms with Crippen LogP contribution in [0.15, 0.2) is 65.1 Å². The van der Waals surface area contributed by atoms with Crippen LogP contribution >= 0.6 is 39.1 Å². The predicted octanol–water partition coefficient (Wildman–Crippen LogP) is 6.29. The Bertz CT molecular complexity index is 1500. The van der Waals surface area contributed by atoms with Gasteiger partial charge in [-0.25, -0.2) is 4.68 Å². The Balaban J connectivity index is 1.62. The van der Waals surface area contributed by atoms with Crippen molar-refractivity contribution in [2.45, 2.75) is 13.8 Å². The van der Waals surface area contributed by atoms with Crippen molar-refractivity contribution in [3.05, 3.63) is 92.0 Å². The fraction of sp³-hybridized carbons (Fsp3) is 0.0800. The molecule has 0 aliphatic carbocycles. The number of rotatable bonds is 4. The zero-order valence-corrected chi connectivity index (χ0v) is 21.7. The molecular formula is C25H19BrCl2N4O3. The van der Waals surface area contributed by atoms with Gasteiger partial charge in [0.25, 0.3) is 5.91 Å². The number of anilines is 2. The van der Waals surface area contributed by atoms with Crippen molar-refractivity contribution in [3.8, 4) is 0 Å². The standard InChI is InChI=1S/C25H19BrCl2N4O3/c1-13-3-5-18(12-20(13)28)30-24(34)25(35)31-32-21-8-4-16(27)10-15(21)11-22(32)23(33)29-17-6-7-19(26)14(2)9-17/h3-12H,1-2H3,(H,29,33)(H,30,34)(H,31,35). The average Bonchev–Trinajstić information content (AvgIpc) is 3.16. The van der Waals surface area contributed by atoms with E-state index < -0.39 is 17.7 Å². The van der Waals surface area contributed by atoms with Crippen molar-refractivity contribution in [1.82, 2.24) is 4.68 Å². The lowest BCUT2D eigenvalue weighted by Crippen LogP contribution is -2.36. The van der Waals surface area contributed by atoms with Crippen LogP contribution in [0, 0.1) is 13.8 Å². The topological polar surface area (TPSA) is 92.2 Å². The third kappa shape index (κ3) is 5.51. The Kier molecular flexibility index (Phi) is 7.16. The molecule has 1 aromatic heterocycles. The minimum Gasteiger partial charge on any atom is -0.321 e. The summed E-state index contributed by atoms with van der Waals surface area (Å²) in [7, 11) is 0. The van der Waals surface area contributed by atoms with Gasteiger partial charge < -0.3 is 10.6 Å². The van der Waals surface area contributed by atoms with Gasteiger partial charge in [0.2, 0.25) is 0 Å². The normalized spacial score (nSPS) is 10.8. The first kappa shape index (κ1) is 24.8. The summed E-state index contributed by atoms with van der Waals surface area (Å²) in [6, 6.07) is 16.8. The summed E-state index contributed by atoms with van der Waals surface area (Å²) in [5.74, 6) is -2.37. The first-order valence-corrected chi connectivity index (χ1v) is 11.9. The van der Waals surface area contributed by atoms with Crippen LogP contribution in [0.3, 0.4) is 0 Å². The van der Waals surface area contributed by atoms with Crippen LogP contribution in [0.4, 0.5) is 11.4 Å².